The van der Waals surface area contributed by atoms with Crippen molar-refractivity contribution in [2.45, 2.75) is 33.1 Å². The van der Waals surface area contributed by atoms with Crippen LogP contribution >= 0.6 is 0 Å². The lowest BCUT2D eigenvalue weighted by molar-refractivity contribution is 0.866. The zero-order valence-electron chi connectivity index (χ0n) is 11.7. The smallest absolute Gasteiger partial charge is 0.267 e. The molecule has 1 aromatic heterocycles. The average Bonchev–Trinajstić information content (AvgIpc) is 2.72. The van der Waals surface area contributed by atoms with Crippen LogP contribution in [0, 0.1) is 6.92 Å². The number of aromatic amines is 2. The Balaban J connectivity index is 2.58. The molecular formula is C15H21N3O. The van der Waals surface area contributed by atoms with Crippen molar-refractivity contribution >= 4 is 0 Å². The first-order valence-corrected chi connectivity index (χ1v) is 6.65. The first-order chi connectivity index (χ1) is 9.04. The summed E-state index contributed by atoms with van der Waals surface area (Å²) in [5.74, 6) is 0.461. The standard InChI is InChI=1S/C15H21N3O/c1-9(2)11-5-4-10(3)13(8-11)14-12(6-7-16)15(19)18-17-14/h4-5,8-9H,6-7,16H2,1-3H3,(H2,17,18,19). The van der Waals surface area contributed by atoms with Gasteiger partial charge < -0.3 is 5.73 Å². The van der Waals surface area contributed by atoms with Crippen LogP contribution in [-0.2, 0) is 6.42 Å². The molecule has 0 aliphatic heterocycles. The van der Waals surface area contributed by atoms with E-state index in [0.717, 1.165) is 22.4 Å². The molecule has 0 aliphatic carbocycles. The predicted octanol–water partition coefficient (Wildman–Crippen LogP) is 2.30. The molecule has 0 spiro atoms. The van der Waals surface area contributed by atoms with E-state index in [4.69, 9.17) is 5.73 Å². The van der Waals surface area contributed by atoms with Gasteiger partial charge in [0, 0.05) is 11.1 Å². The number of aromatic nitrogens is 2. The van der Waals surface area contributed by atoms with Crippen LogP contribution in [0.2, 0.25) is 0 Å². The van der Waals surface area contributed by atoms with E-state index in [1.54, 1.807) is 0 Å². The van der Waals surface area contributed by atoms with Crippen LogP contribution < -0.4 is 11.3 Å². The van der Waals surface area contributed by atoms with Crippen LogP contribution in [0.25, 0.3) is 11.3 Å². The highest BCUT2D eigenvalue weighted by Crippen LogP contribution is 2.27. The molecular weight excluding hydrogens is 238 g/mol. The highest BCUT2D eigenvalue weighted by Gasteiger charge is 2.14. The lowest BCUT2D eigenvalue weighted by Gasteiger charge is -2.11. The van der Waals surface area contributed by atoms with Gasteiger partial charge in [0.1, 0.15) is 0 Å². The third kappa shape index (κ3) is 2.63. The fraction of sp³-hybridized carbons (Fsp3) is 0.400. The van der Waals surface area contributed by atoms with Gasteiger partial charge in [0.2, 0.25) is 0 Å². The Labute approximate surface area is 113 Å². The van der Waals surface area contributed by atoms with Crippen molar-refractivity contribution < 1.29 is 0 Å². The fourth-order valence-electron chi connectivity index (χ4n) is 2.26. The summed E-state index contributed by atoms with van der Waals surface area (Å²) in [5.41, 5.74) is 10.6. The minimum absolute atomic E-state index is 0.0743. The largest absolute Gasteiger partial charge is 0.330 e. The summed E-state index contributed by atoms with van der Waals surface area (Å²) in [7, 11) is 0. The Morgan fingerprint density at radius 3 is 2.63 bits per heavy atom. The van der Waals surface area contributed by atoms with E-state index in [1.165, 1.54) is 5.56 Å². The summed E-state index contributed by atoms with van der Waals surface area (Å²) in [4.78, 5) is 11.8. The third-order valence-corrected chi connectivity index (χ3v) is 3.47. The topological polar surface area (TPSA) is 74.7 Å². The predicted molar refractivity (Wildman–Crippen MR) is 78.4 cm³/mol. The second kappa shape index (κ2) is 5.45. The molecule has 0 bridgehead atoms. The van der Waals surface area contributed by atoms with E-state index in [1.807, 2.05) is 0 Å². The zero-order valence-corrected chi connectivity index (χ0v) is 11.7. The van der Waals surface area contributed by atoms with Crippen molar-refractivity contribution in [1.29, 1.82) is 0 Å². The second-order valence-electron chi connectivity index (χ2n) is 5.20. The number of benzene rings is 1. The molecule has 0 aliphatic rings. The van der Waals surface area contributed by atoms with Crippen LogP contribution in [0.1, 0.15) is 36.5 Å². The van der Waals surface area contributed by atoms with Gasteiger partial charge in [0.25, 0.3) is 5.56 Å². The number of nitrogens with one attached hydrogen (secondary N) is 2. The maximum absolute atomic E-state index is 11.8. The number of hydrogen-bond acceptors (Lipinski definition) is 2. The SMILES string of the molecule is Cc1ccc(C(C)C)cc1-c1[nH][nH]c(=O)c1CCN. The van der Waals surface area contributed by atoms with Crippen molar-refractivity contribution in [3.8, 4) is 11.3 Å². The van der Waals surface area contributed by atoms with Gasteiger partial charge in [-0.15, -0.1) is 0 Å². The van der Waals surface area contributed by atoms with E-state index in [9.17, 15) is 4.79 Å². The van der Waals surface area contributed by atoms with Crippen molar-refractivity contribution in [1.82, 2.24) is 10.2 Å². The van der Waals surface area contributed by atoms with Crippen LogP contribution in [0.4, 0.5) is 0 Å². The summed E-state index contributed by atoms with van der Waals surface area (Å²) in [6, 6.07) is 6.39. The minimum Gasteiger partial charge on any atom is -0.330 e. The summed E-state index contributed by atoms with van der Waals surface area (Å²) < 4.78 is 0. The number of aryl methyl sites for hydroxylation is 1. The Bertz CT molecular complexity index is 623. The van der Waals surface area contributed by atoms with Crippen molar-refractivity contribution in [2.75, 3.05) is 6.54 Å². The van der Waals surface area contributed by atoms with Crippen LogP contribution in [0.15, 0.2) is 23.0 Å². The Hall–Kier alpha value is -1.81. The molecule has 1 aromatic carbocycles. The molecule has 4 nitrogen and oxygen atoms in total. The lowest BCUT2D eigenvalue weighted by atomic mass is 9.94. The van der Waals surface area contributed by atoms with Gasteiger partial charge in [-0.1, -0.05) is 26.0 Å². The van der Waals surface area contributed by atoms with Gasteiger partial charge in [-0.3, -0.25) is 15.0 Å². The summed E-state index contributed by atoms with van der Waals surface area (Å²) in [6.07, 6.45) is 0.583. The molecule has 19 heavy (non-hydrogen) atoms. The molecule has 0 amide bonds. The van der Waals surface area contributed by atoms with Crippen LogP contribution in [0.5, 0.6) is 0 Å². The van der Waals surface area contributed by atoms with Gasteiger partial charge >= 0.3 is 0 Å². The maximum atomic E-state index is 11.8. The monoisotopic (exact) mass is 259 g/mol. The van der Waals surface area contributed by atoms with Crippen LogP contribution in [-0.4, -0.2) is 16.7 Å². The first kappa shape index (κ1) is 13.6. The molecule has 2 rings (SSSR count). The molecule has 4 N–H and O–H groups in total. The molecule has 2 aromatic rings. The Morgan fingerprint density at radius 2 is 2.00 bits per heavy atom. The third-order valence-electron chi connectivity index (χ3n) is 3.47. The van der Waals surface area contributed by atoms with Crippen molar-refractivity contribution in [2.24, 2.45) is 5.73 Å². The molecule has 0 fully saturated rings. The summed E-state index contributed by atoms with van der Waals surface area (Å²) in [5, 5.41) is 5.65. The summed E-state index contributed by atoms with van der Waals surface area (Å²) >= 11 is 0. The molecule has 0 saturated heterocycles. The van der Waals surface area contributed by atoms with E-state index in [2.05, 4.69) is 49.2 Å². The second-order valence-corrected chi connectivity index (χ2v) is 5.20. The molecule has 0 saturated carbocycles. The van der Waals surface area contributed by atoms with Crippen LogP contribution in [0.3, 0.4) is 0 Å². The maximum Gasteiger partial charge on any atom is 0.267 e. The Morgan fingerprint density at radius 1 is 1.26 bits per heavy atom. The van der Waals surface area contributed by atoms with Gasteiger partial charge in [-0.2, -0.15) is 0 Å². The van der Waals surface area contributed by atoms with Gasteiger partial charge in [0.05, 0.1) is 5.69 Å². The zero-order chi connectivity index (χ0) is 14.0. The molecule has 1 heterocycles. The molecule has 0 atom stereocenters. The molecule has 4 heteroatoms. The van der Waals surface area contributed by atoms with E-state index in [-0.39, 0.29) is 5.56 Å². The Kier molecular flexibility index (Phi) is 3.90. The van der Waals surface area contributed by atoms with Gasteiger partial charge in [-0.25, -0.2) is 0 Å². The number of hydrogen-bond donors (Lipinski definition) is 3. The quantitative estimate of drug-likeness (QED) is 0.788. The highest BCUT2D eigenvalue weighted by atomic mass is 16.1. The summed E-state index contributed by atoms with van der Waals surface area (Å²) in [6.45, 7) is 6.85. The van der Waals surface area contributed by atoms with Crippen molar-refractivity contribution in [3.63, 3.8) is 0 Å². The highest BCUT2D eigenvalue weighted by molar-refractivity contribution is 5.67. The first-order valence-electron chi connectivity index (χ1n) is 6.65. The molecule has 0 unspecified atom stereocenters. The van der Waals surface area contributed by atoms with E-state index in [0.29, 0.717) is 18.9 Å². The number of nitrogens with two attached hydrogens (primary N) is 1. The minimum atomic E-state index is -0.0743. The molecule has 102 valence electrons. The van der Waals surface area contributed by atoms with Crippen molar-refractivity contribution in [3.05, 3.63) is 45.2 Å². The number of rotatable bonds is 4. The molecule has 0 radical (unpaired) electrons. The fourth-order valence-corrected chi connectivity index (χ4v) is 2.26. The normalized spacial score (nSPS) is 11.2. The average molecular weight is 259 g/mol. The number of H-pyrrole nitrogens is 2. The van der Waals surface area contributed by atoms with E-state index < -0.39 is 0 Å². The van der Waals surface area contributed by atoms with Gasteiger partial charge in [-0.05, 0) is 43.0 Å². The van der Waals surface area contributed by atoms with Gasteiger partial charge in [0.15, 0.2) is 0 Å². The van der Waals surface area contributed by atoms with E-state index >= 15 is 0 Å². The lowest BCUT2D eigenvalue weighted by Crippen LogP contribution is -2.12.